The molecule has 0 unspecified atom stereocenters. The fourth-order valence-electron chi connectivity index (χ4n) is 1.62. The molecule has 0 atom stereocenters. The monoisotopic (exact) mass is 242 g/mol. The Balaban J connectivity index is 2.42. The second kappa shape index (κ2) is 4.71. The highest BCUT2D eigenvalue weighted by Crippen LogP contribution is 2.19. The molecular weight excluding hydrogens is 232 g/mol. The molecule has 0 saturated carbocycles. The molecule has 0 aliphatic rings. The van der Waals surface area contributed by atoms with Crippen molar-refractivity contribution in [2.45, 2.75) is 0 Å². The molecule has 4 nitrogen and oxygen atoms in total. The third-order valence-corrected chi connectivity index (χ3v) is 2.52. The Morgan fingerprint density at radius 2 is 1.61 bits per heavy atom. The maximum atomic E-state index is 11.0. The zero-order valence-electron chi connectivity index (χ0n) is 9.33. The van der Waals surface area contributed by atoms with Crippen molar-refractivity contribution in [1.82, 2.24) is 0 Å². The highest BCUT2D eigenvalue weighted by Gasteiger charge is 2.10. The SMILES string of the molecule is O=C(O)C(=O)/C=C(/O)c1ccc2ccccc2c1. The lowest BCUT2D eigenvalue weighted by Gasteiger charge is -2.02. The van der Waals surface area contributed by atoms with Crippen molar-refractivity contribution < 1.29 is 19.8 Å². The van der Waals surface area contributed by atoms with Gasteiger partial charge in [0.05, 0.1) is 0 Å². The number of hydrogen-bond donors (Lipinski definition) is 2. The number of carboxylic acids is 1. The molecular formula is C14H10O4. The average molecular weight is 242 g/mol. The molecule has 4 heteroatoms. The standard InChI is InChI=1S/C14H10O4/c15-12(8-13(16)14(17)18)11-6-5-9-3-1-2-4-10(9)7-11/h1-8,15H,(H,17,18)/b12-8+. The minimum atomic E-state index is -1.60. The summed E-state index contributed by atoms with van der Waals surface area (Å²) in [4.78, 5) is 21.3. The number of carbonyl (C=O) groups is 2. The van der Waals surface area contributed by atoms with Gasteiger partial charge in [-0.25, -0.2) is 4.79 Å². The molecule has 0 bridgehead atoms. The molecule has 0 saturated heterocycles. The van der Waals surface area contributed by atoms with E-state index in [-0.39, 0.29) is 5.76 Å². The lowest BCUT2D eigenvalue weighted by Crippen LogP contribution is -2.09. The van der Waals surface area contributed by atoms with Gasteiger partial charge in [-0.3, -0.25) is 4.79 Å². The number of benzene rings is 2. The number of hydrogen-bond acceptors (Lipinski definition) is 3. The summed E-state index contributed by atoms with van der Waals surface area (Å²) in [6.07, 6.45) is 0.701. The first-order valence-corrected chi connectivity index (χ1v) is 5.25. The van der Waals surface area contributed by atoms with E-state index in [0.29, 0.717) is 11.6 Å². The van der Waals surface area contributed by atoms with Crippen molar-refractivity contribution in [3.8, 4) is 0 Å². The molecule has 0 fully saturated rings. The minimum absolute atomic E-state index is 0.354. The van der Waals surface area contributed by atoms with E-state index in [1.54, 1.807) is 18.2 Å². The first kappa shape index (κ1) is 11.9. The molecule has 0 aliphatic heterocycles. The van der Waals surface area contributed by atoms with Crippen LogP contribution < -0.4 is 0 Å². The van der Waals surface area contributed by atoms with Crippen molar-refractivity contribution in [3.05, 3.63) is 54.1 Å². The van der Waals surface area contributed by atoms with E-state index in [1.807, 2.05) is 24.3 Å². The summed E-state index contributed by atoms with van der Waals surface area (Å²) >= 11 is 0. The normalized spacial score (nSPS) is 11.4. The fourth-order valence-corrected chi connectivity index (χ4v) is 1.62. The summed E-state index contributed by atoms with van der Waals surface area (Å²) in [5.74, 6) is -3.10. The quantitative estimate of drug-likeness (QED) is 0.492. The third-order valence-electron chi connectivity index (χ3n) is 2.52. The summed E-state index contributed by atoms with van der Waals surface area (Å²) in [5, 5.41) is 20.0. The summed E-state index contributed by atoms with van der Waals surface area (Å²) in [7, 11) is 0. The van der Waals surface area contributed by atoms with Crippen molar-refractivity contribution in [3.63, 3.8) is 0 Å². The second-order valence-electron chi connectivity index (χ2n) is 3.76. The van der Waals surface area contributed by atoms with E-state index in [4.69, 9.17) is 5.11 Å². The van der Waals surface area contributed by atoms with Gasteiger partial charge in [0.2, 0.25) is 0 Å². The molecule has 0 aliphatic carbocycles. The molecule has 0 radical (unpaired) electrons. The molecule has 2 N–H and O–H groups in total. The van der Waals surface area contributed by atoms with Crippen LogP contribution in [0.5, 0.6) is 0 Å². The van der Waals surface area contributed by atoms with Gasteiger partial charge >= 0.3 is 5.97 Å². The molecule has 0 heterocycles. The van der Waals surface area contributed by atoms with Crippen LogP contribution in [0.15, 0.2) is 48.5 Å². The van der Waals surface area contributed by atoms with Crippen molar-refractivity contribution in [1.29, 1.82) is 0 Å². The Labute approximate surface area is 103 Å². The average Bonchev–Trinajstić information content (AvgIpc) is 2.37. The van der Waals surface area contributed by atoms with Crippen LogP contribution in [0.2, 0.25) is 0 Å². The largest absolute Gasteiger partial charge is 0.507 e. The first-order valence-electron chi connectivity index (χ1n) is 5.25. The number of fused-ring (bicyclic) bond motifs is 1. The van der Waals surface area contributed by atoms with Crippen LogP contribution in [0.25, 0.3) is 16.5 Å². The predicted octanol–water partition coefficient (Wildman–Crippen LogP) is 2.39. The van der Waals surface area contributed by atoms with Gasteiger partial charge in [-0.15, -0.1) is 0 Å². The van der Waals surface area contributed by atoms with Crippen LogP contribution >= 0.6 is 0 Å². The topological polar surface area (TPSA) is 74.6 Å². The van der Waals surface area contributed by atoms with Crippen LogP contribution in [0.3, 0.4) is 0 Å². The van der Waals surface area contributed by atoms with Crippen molar-refractivity contribution in [2.75, 3.05) is 0 Å². The molecule has 0 amide bonds. The number of carbonyl (C=O) groups excluding carboxylic acids is 1. The lowest BCUT2D eigenvalue weighted by molar-refractivity contribution is -0.146. The number of carboxylic acid groups (broad SMARTS) is 1. The van der Waals surface area contributed by atoms with Gasteiger partial charge in [0.15, 0.2) is 0 Å². The number of aliphatic hydroxyl groups excluding tert-OH is 1. The van der Waals surface area contributed by atoms with Gasteiger partial charge in [-0.05, 0) is 16.8 Å². The fraction of sp³-hybridized carbons (Fsp3) is 0. The van der Waals surface area contributed by atoms with Crippen LogP contribution in [0, 0.1) is 0 Å². The number of ketones is 1. The number of aliphatic carboxylic acids is 1. The predicted molar refractivity (Wildman–Crippen MR) is 67.2 cm³/mol. The zero-order chi connectivity index (χ0) is 13.1. The molecule has 90 valence electrons. The van der Waals surface area contributed by atoms with Gasteiger partial charge < -0.3 is 10.2 Å². The molecule has 0 spiro atoms. The third kappa shape index (κ3) is 2.38. The Morgan fingerprint density at radius 3 is 2.28 bits per heavy atom. The van der Waals surface area contributed by atoms with Crippen LogP contribution in [0.4, 0.5) is 0 Å². The summed E-state index contributed by atoms with van der Waals surface area (Å²) in [6, 6.07) is 12.6. The van der Waals surface area contributed by atoms with E-state index in [2.05, 4.69) is 0 Å². The van der Waals surface area contributed by atoms with Gasteiger partial charge in [0.25, 0.3) is 5.78 Å². The Hall–Kier alpha value is -2.62. The van der Waals surface area contributed by atoms with Gasteiger partial charge in [-0.2, -0.15) is 0 Å². The van der Waals surface area contributed by atoms with Crippen molar-refractivity contribution in [2.24, 2.45) is 0 Å². The number of rotatable bonds is 3. The zero-order valence-corrected chi connectivity index (χ0v) is 9.33. The summed E-state index contributed by atoms with van der Waals surface area (Å²) in [6.45, 7) is 0. The maximum absolute atomic E-state index is 11.0. The summed E-state index contributed by atoms with van der Waals surface area (Å²) < 4.78 is 0. The Kier molecular flexibility index (Phi) is 3.10. The van der Waals surface area contributed by atoms with Gasteiger partial charge in [0.1, 0.15) is 5.76 Å². The molecule has 18 heavy (non-hydrogen) atoms. The van der Waals surface area contributed by atoms with Crippen LogP contribution in [-0.4, -0.2) is 22.0 Å². The van der Waals surface area contributed by atoms with E-state index in [0.717, 1.165) is 10.8 Å². The molecule has 0 aromatic heterocycles. The molecule has 2 rings (SSSR count). The maximum Gasteiger partial charge on any atom is 0.376 e. The van der Waals surface area contributed by atoms with Crippen LogP contribution in [-0.2, 0) is 9.59 Å². The first-order chi connectivity index (χ1) is 8.58. The highest BCUT2D eigenvalue weighted by atomic mass is 16.4. The molecule has 2 aromatic rings. The Bertz CT molecular complexity index is 656. The van der Waals surface area contributed by atoms with E-state index in [1.165, 1.54) is 0 Å². The minimum Gasteiger partial charge on any atom is -0.507 e. The van der Waals surface area contributed by atoms with Gasteiger partial charge in [-0.1, -0.05) is 36.4 Å². The molecule has 2 aromatic carbocycles. The van der Waals surface area contributed by atoms with Crippen LogP contribution in [0.1, 0.15) is 5.56 Å². The van der Waals surface area contributed by atoms with E-state index < -0.39 is 11.8 Å². The van der Waals surface area contributed by atoms with E-state index in [9.17, 15) is 14.7 Å². The summed E-state index contributed by atoms with van der Waals surface area (Å²) in [5.41, 5.74) is 0.406. The lowest BCUT2D eigenvalue weighted by atomic mass is 10.1. The Morgan fingerprint density at radius 1 is 0.944 bits per heavy atom. The van der Waals surface area contributed by atoms with Crippen molar-refractivity contribution >= 4 is 28.3 Å². The smallest absolute Gasteiger partial charge is 0.376 e. The number of aliphatic hydroxyl groups is 1. The van der Waals surface area contributed by atoms with Gasteiger partial charge in [0, 0.05) is 11.6 Å². The second-order valence-corrected chi connectivity index (χ2v) is 3.76. The highest BCUT2D eigenvalue weighted by molar-refractivity contribution is 6.38. The van der Waals surface area contributed by atoms with E-state index >= 15 is 0 Å².